The molecule has 4 amide bonds. The maximum absolute atomic E-state index is 13.1. The lowest BCUT2D eigenvalue weighted by molar-refractivity contribution is -0.122. The first kappa shape index (κ1) is 20.1. The molecule has 0 atom stereocenters. The predicted octanol–water partition coefficient (Wildman–Crippen LogP) is 4.15. The van der Waals surface area contributed by atoms with Gasteiger partial charge in [0.15, 0.2) is 0 Å². The molecular formula is C23H17FN2O5. The lowest BCUT2D eigenvalue weighted by atomic mass is 10.1. The Labute approximate surface area is 176 Å². The highest BCUT2D eigenvalue weighted by Gasteiger charge is 2.37. The molecule has 0 spiro atoms. The SMILES string of the molecule is CCOc1cccc(N2C(=O)NC(=O)/C(=C\c3ccc(-c4ccc(F)cc4)o3)C2=O)c1. The number of nitrogens with zero attached hydrogens (tertiary/aromatic N) is 1. The molecule has 2 aromatic carbocycles. The van der Waals surface area contributed by atoms with Crippen LogP contribution in [0.15, 0.2) is 70.7 Å². The fourth-order valence-electron chi connectivity index (χ4n) is 3.11. The quantitative estimate of drug-likeness (QED) is 0.495. The minimum absolute atomic E-state index is 0.232. The van der Waals surface area contributed by atoms with Gasteiger partial charge in [-0.15, -0.1) is 0 Å². The van der Waals surface area contributed by atoms with Crippen LogP contribution in [0.2, 0.25) is 0 Å². The van der Waals surface area contributed by atoms with Crippen LogP contribution in [0.1, 0.15) is 12.7 Å². The number of hydrogen-bond donors (Lipinski definition) is 1. The van der Waals surface area contributed by atoms with Crippen molar-refractivity contribution in [2.24, 2.45) is 0 Å². The van der Waals surface area contributed by atoms with Crippen LogP contribution >= 0.6 is 0 Å². The molecule has 2 heterocycles. The highest BCUT2D eigenvalue weighted by molar-refractivity contribution is 6.39. The summed E-state index contributed by atoms with van der Waals surface area (Å²) in [4.78, 5) is 38.5. The van der Waals surface area contributed by atoms with Gasteiger partial charge in [-0.3, -0.25) is 14.9 Å². The van der Waals surface area contributed by atoms with Crippen LogP contribution in [0.3, 0.4) is 0 Å². The second-order valence-corrected chi connectivity index (χ2v) is 6.60. The molecule has 1 aliphatic rings. The smallest absolute Gasteiger partial charge is 0.335 e. The zero-order valence-electron chi connectivity index (χ0n) is 16.4. The standard InChI is InChI=1S/C23H17FN2O5/c1-2-30-17-5-3-4-16(12-17)26-22(28)19(21(27)25-23(26)29)13-18-10-11-20(31-18)14-6-8-15(24)9-7-14/h3-13H,2H2,1H3,(H,25,27,29)/b19-13+. The van der Waals surface area contributed by atoms with Gasteiger partial charge in [0, 0.05) is 11.6 Å². The Bertz CT molecular complexity index is 1200. The van der Waals surface area contributed by atoms with Gasteiger partial charge in [0.25, 0.3) is 11.8 Å². The monoisotopic (exact) mass is 420 g/mol. The third-order valence-corrected chi connectivity index (χ3v) is 4.53. The summed E-state index contributed by atoms with van der Waals surface area (Å²) in [5.74, 6) is -0.838. The number of urea groups is 1. The number of anilines is 1. The molecule has 0 unspecified atom stereocenters. The maximum Gasteiger partial charge on any atom is 0.335 e. The normalized spacial score (nSPS) is 15.4. The summed E-state index contributed by atoms with van der Waals surface area (Å²) in [5.41, 5.74) is 0.634. The minimum Gasteiger partial charge on any atom is -0.494 e. The van der Waals surface area contributed by atoms with E-state index in [9.17, 15) is 18.8 Å². The Morgan fingerprint density at radius 2 is 1.84 bits per heavy atom. The van der Waals surface area contributed by atoms with Crippen molar-refractivity contribution >= 4 is 29.6 Å². The number of carbonyl (C=O) groups excluding carboxylic acids is 3. The van der Waals surface area contributed by atoms with Crippen LogP contribution in [-0.2, 0) is 9.59 Å². The molecule has 0 radical (unpaired) electrons. The fraction of sp³-hybridized carbons (Fsp3) is 0.0870. The fourth-order valence-corrected chi connectivity index (χ4v) is 3.11. The number of imide groups is 2. The second-order valence-electron chi connectivity index (χ2n) is 6.60. The Hall–Kier alpha value is -4.20. The lowest BCUT2D eigenvalue weighted by Crippen LogP contribution is -2.54. The first-order valence-corrected chi connectivity index (χ1v) is 9.46. The van der Waals surface area contributed by atoms with Crippen molar-refractivity contribution in [2.45, 2.75) is 6.92 Å². The van der Waals surface area contributed by atoms with Crippen molar-refractivity contribution in [1.29, 1.82) is 0 Å². The van der Waals surface area contributed by atoms with E-state index in [2.05, 4.69) is 5.32 Å². The van der Waals surface area contributed by atoms with Gasteiger partial charge in [-0.1, -0.05) is 6.07 Å². The molecule has 1 aromatic heterocycles. The summed E-state index contributed by atoms with van der Waals surface area (Å²) in [6, 6.07) is 14.5. The molecule has 1 saturated heterocycles. The first-order chi connectivity index (χ1) is 15.0. The van der Waals surface area contributed by atoms with Crippen molar-refractivity contribution in [3.8, 4) is 17.1 Å². The van der Waals surface area contributed by atoms with E-state index in [0.717, 1.165) is 4.90 Å². The zero-order chi connectivity index (χ0) is 22.0. The average molecular weight is 420 g/mol. The van der Waals surface area contributed by atoms with Crippen molar-refractivity contribution in [3.05, 3.63) is 77.8 Å². The molecule has 0 aliphatic carbocycles. The third-order valence-electron chi connectivity index (χ3n) is 4.53. The number of benzene rings is 2. The molecule has 0 saturated carbocycles. The molecule has 156 valence electrons. The largest absolute Gasteiger partial charge is 0.494 e. The minimum atomic E-state index is -0.854. The van der Waals surface area contributed by atoms with E-state index in [0.29, 0.717) is 23.7 Å². The molecule has 1 aliphatic heterocycles. The van der Waals surface area contributed by atoms with E-state index in [4.69, 9.17) is 9.15 Å². The Morgan fingerprint density at radius 3 is 2.58 bits per heavy atom. The van der Waals surface area contributed by atoms with Gasteiger partial charge in [0.2, 0.25) is 0 Å². The number of ether oxygens (including phenoxy) is 1. The van der Waals surface area contributed by atoms with Crippen molar-refractivity contribution in [1.82, 2.24) is 5.32 Å². The van der Waals surface area contributed by atoms with Crippen molar-refractivity contribution < 1.29 is 27.9 Å². The number of carbonyl (C=O) groups is 3. The summed E-state index contributed by atoms with van der Waals surface area (Å²) >= 11 is 0. The van der Waals surface area contributed by atoms with Gasteiger partial charge in [0.1, 0.15) is 28.7 Å². The number of amides is 4. The van der Waals surface area contributed by atoms with Crippen LogP contribution < -0.4 is 15.0 Å². The average Bonchev–Trinajstić information content (AvgIpc) is 3.21. The third kappa shape index (κ3) is 4.09. The van der Waals surface area contributed by atoms with Gasteiger partial charge in [-0.05, 0) is 61.5 Å². The molecule has 4 rings (SSSR count). The Morgan fingerprint density at radius 1 is 1.06 bits per heavy atom. The topological polar surface area (TPSA) is 88.8 Å². The number of halogens is 1. The zero-order valence-corrected chi connectivity index (χ0v) is 16.4. The Balaban J connectivity index is 1.65. The summed E-state index contributed by atoms with van der Waals surface area (Å²) in [6.07, 6.45) is 1.26. The van der Waals surface area contributed by atoms with Crippen molar-refractivity contribution in [3.63, 3.8) is 0 Å². The number of furan rings is 1. The van der Waals surface area contributed by atoms with E-state index in [1.807, 2.05) is 6.92 Å². The predicted molar refractivity (Wildman–Crippen MR) is 111 cm³/mol. The van der Waals surface area contributed by atoms with E-state index in [-0.39, 0.29) is 22.8 Å². The number of rotatable bonds is 5. The molecule has 1 fully saturated rings. The van der Waals surface area contributed by atoms with Crippen LogP contribution in [0.4, 0.5) is 14.9 Å². The highest BCUT2D eigenvalue weighted by Crippen LogP contribution is 2.27. The molecule has 7 nitrogen and oxygen atoms in total. The number of nitrogens with one attached hydrogen (secondary N) is 1. The van der Waals surface area contributed by atoms with Gasteiger partial charge < -0.3 is 9.15 Å². The lowest BCUT2D eigenvalue weighted by Gasteiger charge is -2.26. The molecule has 31 heavy (non-hydrogen) atoms. The molecule has 8 heteroatoms. The summed E-state index contributed by atoms with van der Waals surface area (Å²) in [7, 11) is 0. The molecule has 3 aromatic rings. The number of barbiturate groups is 1. The number of hydrogen-bond acceptors (Lipinski definition) is 5. The van der Waals surface area contributed by atoms with E-state index in [1.54, 1.807) is 42.5 Å². The van der Waals surface area contributed by atoms with Gasteiger partial charge in [-0.25, -0.2) is 14.1 Å². The van der Waals surface area contributed by atoms with E-state index >= 15 is 0 Å². The van der Waals surface area contributed by atoms with E-state index < -0.39 is 17.8 Å². The van der Waals surface area contributed by atoms with Gasteiger partial charge in [-0.2, -0.15) is 0 Å². The first-order valence-electron chi connectivity index (χ1n) is 9.46. The van der Waals surface area contributed by atoms with Crippen molar-refractivity contribution in [2.75, 3.05) is 11.5 Å². The van der Waals surface area contributed by atoms with Crippen LogP contribution in [0, 0.1) is 5.82 Å². The van der Waals surface area contributed by atoms with E-state index in [1.165, 1.54) is 24.3 Å². The van der Waals surface area contributed by atoms with Crippen LogP contribution in [0.25, 0.3) is 17.4 Å². The van der Waals surface area contributed by atoms with Crippen LogP contribution in [0.5, 0.6) is 5.75 Å². The van der Waals surface area contributed by atoms with Gasteiger partial charge in [0.05, 0.1) is 12.3 Å². The maximum atomic E-state index is 13.1. The second kappa shape index (κ2) is 8.27. The van der Waals surface area contributed by atoms with Gasteiger partial charge >= 0.3 is 6.03 Å². The molecular weight excluding hydrogens is 403 g/mol. The molecule has 1 N–H and O–H groups in total. The summed E-state index contributed by atoms with van der Waals surface area (Å²) < 4.78 is 24.2. The molecule has 0 bridgehead atoms. The summed E-state index contributed by atoms with van der Waals surface area (Å²) in [5, 5.41) is 2.16. The van der Waals surface area contributed by atoms with Crippen LogP contribution in [-0.4, -0.2) is 24.5 Å². The Kier molecular flexibility index (Phi) is 5.36. The summed E-state index contributed by atoms with van der Waals surface area (Å²) in [6.45, 7) is 2.23. The highest BCUT2D eigenvalue weighted by atomic mass is 19.1.